The Kier molecular flexibility index (Phi) is 8.00. The Morgan fingerprint density at radius 1 is 0.714 bits per heavy atom. The Labute approximate surface area is 283 Å². The number of hydrogen-bond donors (Lipinski definition) is 1. The number of fused-ring (bicyclic) bond motifs is 4. The largest absolute Gasteiger partial charge is 0.464 e. The van der Waals surface area contributed by atoms with Crippen molar-refractivity contribution in [3.8, 4) is 0 Å². The number of anilines is 2. The Hall–Kier alpha value is -5.80. The van der Waals surface area contributed by atoms with Gasteiger partial charge in [-0.15, -0.1) is 0 Å². The topological polar surface area (TPSA) is 111 Å². The second-order valence-corrected chi connectivity index (χ2v) is 11.9. The van der Waals surface area contributed by atoms with Gasteiger partial charge in [-0.3, -0.25) is 15.0 Å². The van der Waals surface area contributed by atoms with E-state index in [0.717, 1.165) is 27.1 Å². The highest BCUT2D eigenvalue weighted by molar-refractivity contribution is 6.23. The molecule has 0 aliphatic carbocycles. The summed E-state index contributed by atoms with van der Waals surface area (Å²) < 4.78 is 17.0. The third-order valence-corrected chi connectivity index (χ3v) is 9.37. The van der Waals surface area contributed by atoms with Crippen LogP contribution in [-0.2, 0) is 45.5 Å². The summed E-state index contributed by atoms with van der Waals surface area (Å²) in [5.41, 5.74) is -2.35. The van der Waals surface area contributed by atoms with Crippen LogP contribution in [0, 0.1) is 0 Å². The Balaban J connectivity index is 1.42. The van der Waals surface area contributed by atoms with Crippen molar-refractivity contribution in [1.29, 1.82) is 0 Å². The first-order valence-electron chi connectivity index (χ1n) is 16.2. The van der Waals surface area contributed by atoms with Gasteiger partial charge in [0.05, 0.1) is 24.5 Å². The minimum absolute atomic E-state index is 0.0322. The molecule has 9 heteroatoms. The molecule has 0 saturated heterocycles. The average Bonchev–Trinajstić information content (AvgIpc) is 3.54. The highest BCUT2D eigenvalue weighted by Crippen LogP contribution is 2.54. The molecule has 5 aromatic carbocycles. The molecule has 49 heavy (non-hydrogen) atoms. The van der Waals surface area contributed by atoms with Crippen molar-refractivity contribution in [3.05, 3.63) is 131 Å². The van der Waals surface area contributed by atoms with Crippen molar-refractivity contribution in [2.75, 3.05) is 18.1 Å². The van der Waals surface area contributed by atoms with Crippen LogP contribution >= 0.6 is 0 Å². The summed E-state index contributed by atoms with van der Waals surface area (Å²) in [6, 6.07) is 33.7. The summed E-state index contributed by atoms with van der Waals surface area (Å²) in [7, 11) is 0. The van der Waals surface area contributed by atoms with E-state index in [1.54, 1.807) is 62.4 Å². The fourth-order valence-electron chi connectivity index (χ4n) is 7.23. The second-order valence-electron chi connectivity index (χ2n) is 11.9. The van der Waals surface area contributed by atoms with E-state index in [4.69, 9.17) is 14.2 Å². The molecule has 9 nitrogen and oxygen atoms in total. The predicted molar refractivity (Wildman–Crippen MR) is 185 cm³/mol. The molecule has 1 atom stereocenters. The number of hydrogen-bond acceptors (Lipinski definition) is 8. The van der Waals surface area contributed by atoms with Crippen LogP contribution < -0.4 is 10.2 Å². The first-order chi connectivity index (χ1) is 23.8. The van der Waals surface area contributed by atoms with Gasteiger partial charge in [-0.1, -0.05) is 84.9 Å². The van der Waals surface area contributed by atoms with Gasteiger partial charge in [0.1, 0.15) is 6.61 Å². The molecule has 0 bridgehead atoms. The fraction of sp³-hybridized carbons (Fsp3) is 0.200. The van der Waals surface area contributed by atoms with Crippen LogP contribution in [0.1, 0.15) is 31.9 Å². The molecule has 0 fully saturated rings. The van der Waals surface area contributed by atoms with Gasteiger partial charge >= 0.3 is 17.9 Å². The highest BCUT2D eigenvalue weighted by Gasteiger charge is 2.70. The van der Waals surface area contributed by atoms with Crippen LogP contribution in [0.15, 0.2) is 120 Å². The standard InChI is InChI=1S/C40H34N2O7/c1-4-47-37(45)39(38(46)48-5-2)25(3)34(35(43)49-24-31-29-19-11-9-15-26(29)23-27-16-10-12-20-30(27)31)40(41-39)32-21-13-14-22-33(32)42(36(40)44)28-17-7-6-8-18-28/h6-23,41H,4-5,24H2,1-3H3/t40-/m1/s1. The molecule has 2 aliphatic rings. The summed E-state index contributed by atoms with van der Waals surface area (Å²) in [5, 5.41) is 6.84. The molecular weight excluding hydrogens is 620 g/mol. The lowest BCUT2D eigenvalue weighted by atomic mass is 9.83. The lowest BCUT2D eigenvalue weighted by Crippen LogP contribution is -2.64. The van der Waals surface area contributed by atoms with E-state index < -0.39 is 34.9 Å². The Morgan fingerprint density at radius 3 is 1.88 bits per heavy atom. The molecular formula is C40H34N2O7. The van der Waals surface area contributed by atoms with Crippen LogP contribution in [0.25, 0.3) is 21.5 Å². The van der Waals surface area contributed by atoms with Crippen LogP contribution in [0.5, 0.6) is 0 Å². The molecule has 2 aliphatic heterocycles. The van der Waals surface area contributed by atoms with Crippen LogP contribution in [0.3, 0.4) is 0 Å². The number of carbonyl (C=O) groups excluding carboxylic acids is 4. The van der Waals surface area contributed by atoms with Crippen LogP contribution in [-0.4, -0.2) is 42.6 Å². The molecule has 1 spiro atoms. The summed E-state index contributed by atoms with van der Waals surface area (Å²) in [6.07, 6.45) is 0. The number of ether oxygens (including phenoxy) is 3. The van der Waals surface area contributed by atoms with Gasteiger partial charge in [0.25, 0.3) is 5.91 Å². The van der Waals surface area contributed by atoms with Crippen molar-refractivity contribution in [2.24, 2.45) is 0 Å². The first kappa shape index (κ1) is 31.8. The maximum absolute atomic E-state index is 15.0. The number of rotatable bonds is 8. The number of carbonyl (C=O) groups is 4. The third-order valence-electron chi connectivity index (χ3n) is 9.37. The first-order valence-corrected chi connectivity index (χ1v) is 16.2. The molecule has 2 heterocycles. The van der Waals surface area contributed by atoms with Gasteiger partial charge in [-0.05, 0) is 72.2 Å². The van der Waals surface area contributed by atoms with Gasteiger partial charge in [-0.2, -0.15) is 0 Å². The quantitative estimate of drug-likeness (QED) is 0.0887. The second kappa shape index (κ2) is 12.3. The summed E-state index contributed by atoms with van der Waals surface area (Å²) in [6.45, 7) is 4.43. The van der Waals surface area contributed by atoms with E-state index in [-0.39, 0.29) is 31.0 Å². The lowest BCUT2D eigenvalue weighted by Gasteiger charge is -2.32. The number of para-hydroxylation sites is 2. The number of amides is 1. The average molecular weight is 655 g/mol. The van der Waals surface area contributed by atoms with E-state index in [1.165, 1.54) is 11.8 Å². The molecule has 0 radical (unpaired) electrons. The monoisotopic (exact) mass is 654 g/mol. The molecule has 1 amide bonds. The highest BCUT2D eigenvalue weighted by atomic mass is 16.6. The van der Waals surface area contributed by atoms with Gasteiger partial charge in [0.15, 0.2) is 5.54 Å². The summed E-state index contributed by atoms with van der Waals surface area (Å²) in [4.78, 5) is 59.1. The summed E-state index contributed by atoms with van der Waals surface area (Å²) in [5.74, 6) is -3.43. The number of esters is 3. The number of benzene rings is 5. The van der Waals surface area contributed by atoms with Crippen molar-refractivity contribution in [2.45, 2.75) is 38.5 Å². The lowest BCUT2D eigenvalue weighted by molar-refractivity contribution is -0.164. The zero-order valence-electron chi connectivity index (χ0n) is 27.3. The number of nitrogens with one attached hydrogen (secondary N) is 1. The SMILES string of the molecule is CCOC(=O)C1(C(=O)OCC)N[C@@]2(C(=O)N(c3ccccc3)c3ccccc32)C(C(=O)OCc2c3ccccc3cc3ccccc23)=C1C. The van der Waals surface area contributed by atoms with Gasteiger partial charge in [-0.25, -0.2) is 14.4 Å². The van der Waals surface area contributed by atoms with E-state index in [9.17, 15) is 14.4 Å². The molecule has 0 saturated carbocycles. The van der Waals surface area contributed by atoms with E-state index in [2.05, 4.69) is 11.4 Å². The van der Waals surface area contributed by atoms with Gasteiger partial charge in [0.2, 0.25) is 5.54 Å². The zero-order chi connectivity index (χ0) is 34.3. The molecule has 7 rings (SSSR count). The van der Waals surface area contributed by atoms with Gasteiger partial charge < -0.3 is 14.2 Å². The van der Waals surface area contributed by atoms with Crippen molar-refractivity contribution < 1.29 is 33.4 Å². The number of nitrogens with zero attached hydrogens (tertiary/aromatic N) is 1. The normalized spacial score (nSPS) is 17.9. The Bertz CT molecular complexity index is 2120. The summed E-state index contributed by atoms with van der Waals surface area (Å²) >= 11 is 0. The fourth-order valence-corrected chi connectivity index (χ4v) is 7.23. The van der Waals surface area contributed by atoms with Crippen LogP contribution in [0.4, 0.5) is 11.4 Å². The van der Waals surface area contributed by atoms with Crippen molar-refractivity contribution in [3.63, 3.8) is 0 Å². The minimum atomic E-state index is -2.32. The zero-order valence-corrected chi connectivity index (χ0v) is 27.3. The van der Waals surface area contributed by atoms with Crippen LogP contribution in [0.2, 0.25) is 0 Å². The third kappa shape index (κ3) is 4.72. The van der Waals surface area contributed by atoms with E-state index >= 15 is 4.79 Å². The van der Waals surface area contributed by atoms with E-state index in [0.29, 0.717) is 16.9 Å². The molecule has 246 valence electrons. The molecule has 5 aromatic rings. The Morgan fingerprint density at radius 2 is 1.27 bits per heavy atom. The van der Waals surface area contributed by atoms with Crippen molar-refractivity contribution >= 4 is 56.7 Å². The minimum Gasteiger partial charge on any atom is -0.464 e. The predicted octanol–water partition coefficient (Wildman–Crippen LogP) is 6.39. The van der Waals surface area contributed by atoms with E-state index in [1.807, 2.05) is 54.6 Å². The van der Waals surface area contributed by atoms with Gasteiger partial charge in [0, 0.05) is 16.8 Å². The molecule has 0 unspecified atom stereocenters. The molecule has 1 N–H and O–H groups in total. The maximum Gasteiger partial charge on any atom is 0.342 e. The smallest absolute Gasteiger partial charge is 0.342 e. The maximum atomic E-state index is 15.0. The van der Waals surface area contributed by atoms with Crippen molar-refractivity contribution in [1.82, 2.24) is 5.32 Å². The molecule has 0 aromatic heterocycles.